The lowest BCUT2D eigenvalue weighted by Crippen LogP contribution is -2.25. The van der Waals surface area contributed by atoms with E-state index < -0.39 is 0 Å². The summed E-state index contributed by atoms with van der Waals surface area (Å²) in [5.74, 6) is 0.333. The first-order chi connectivity index (χ1) is 9.54. The molecule has 0 aliphatic rings. The van der Waals surface area contributed by atoms with E-state index in [0.29, 0.717) is 23.1 Å². The Balaban J connectivity index is 2.24. The molecule has 0 bridgehead atoms. The van der Waals surface area contributed by atoms with Gasteiger partial charge in [0.05, 0.1) is 18.8 Å². The zero-order valence-electron chi connectivity index (χ0n) is 11.5. The molecule has 1 N–H and O–H groups in total. The highest BCUT2D eigenvalue weighted by atomic mass is 35.5. The van der Waals surface area contributed by atoms with Gasteiger partial charge in [-0.25, -0.2) is 0 Å². The standard InChI is InChI=1S/C14H18ClNO3S/c1-10(14(18)19-2)8-20-9-13(17)16-7-11-5-3-4-6-12(11)15/h3-6,10H,7-9H2,1-2H3,(H,16,17). The fourth-order valence-corrected chi connectivity index (χ4v) is 2.58. The molecular weight excluding hydrogens is 298 g/mol. The molecule has 6 heteroatoms. The molecule has 1 amide bonds. The van der Waals surface area contributed by atoms with Crippen molar-refractivity contribution in [1.82, 2.24) is 5.32 Å². The maximum absolute atomic E-state index is 11.7. The van der Waals surface area contributed by atoms with E-state index in [9.17, 15) is 9.59 Å². The van der Waals surface area contributed by atoms with E-state index in [2.05, 4.69) is 10.1 Å². The second-order valence-electron chi connectivity index (χ2n) is 4.31. The van der Waals surface area contributed by atoms with Gasteiger partial charge in [0.25, 0.3) is 0 Å². The van der Waals surface area contributed by atoms with Crippen molar-refractivity contribution in [2.24, 2.45) is 5.92 Å². The highest BCUT2D eigenvalue weighted by Gasteiger charge is 2.13. The number of halogens is 1. The van der Waals surface area contributed by atoms with Crippen molar-refractivity contribution in [3.05, 3.63) is 34.9 Å². The predicted molar refractivity (Wildman–Crippen MR) is 81.8 cm³/mol. The number of carbonyl (C=O) groups excluding carboxylic acids is 2. The molecule has 1 rings (SSSR count). The molecule has 1 atom stereocenters. The summed E-state index contributed by atoms with van der Waals surface area (Å²) in [4.78, 5) is 22.8. The Kier molecular flexibility index (Phi) is 7.47. The molecule has 0 radical (unpaired) electrons. The Bertz CT molecular complexity index is 467. The minimum atomic E-state index is -0.256. The van der Waals surface area contributed by atoms with Crippen LogP contribution in [0.3, 0.4) is 0 Å². The van der Waals surface area contributed by atoms with Crippen molar-refractivity contribution in [3.63, 3.8) is 0 Å². The molecule has 0 saturated carbocycles. The minimum Gasteiger partial charge on any atom is -0.469 e. The van der Waals surface area contributed by atoms with Gasteiger partial charge in [-0.2, -0.15) is 11.8 Å². The molecule has 0 fully saturated rings. The van der Waals surface area contributed by atoms with Gasteiger partial charge in [0.2, 0.25) is 5.91 Å². The molecule has 4 nitrogen and oxygen atoms in total. The third kappa shape index (κ3) is 5.84. The Morgan fingerprint density at radius 3 is 2.75 bits per heavy atom. The van der Waals surface area contributed by atoms with E-state index in [1.165, 1.54) is 18.9 Å². The molecule has 0 aromatic heterocycles. The van der Waals surface area contributed by atoms with E-state index in [4.69, 9.17) is 11.6 Å². The van der Waals surface area contributed by atoms with Gasteiger partial charge in [-0.1, -0.05) is 36.7 Å². The van der Waals surface area contributed by atoms with E-state index >= 15 is 0 Å². The Labute approximate surface area is 128 Å². The van der Waals surface area contributed by atoms with Gasteiger partial charge in [-0.15, -0.1) is 0 Å². The fourth-order valence-electron chi connectivity index (χ4n) is 1.48. The van der Waals surface area contributed by atoms with Gasteiger partial charge in [0, 0.05) is 17.3 Å². The minimum absolute atomic E-state index is 0.0769. The highest BCUT2D eigenvalue weighted by molar-refractivity contribution is 7.99. The van der Waals surface area contributed by atoms with Crippen molar-refractivity contribution in [2.45, 2.75) is 13.5 Å². The van der Waals surface area contributed by atoms with Gasteiger partial charge in [-0.05, 0) is 11.6 Å². The van der Waals surface area contributed by atoms with Crippen LogP contribution in [0.1, 0.15) is 12.5 Å². The van der Waals surface area contributed by atoms with Gasteiger partial charge in [-0.3, -0.25) is 9.59 Å². The van der Waals surface area contributed by atoms with Gasteiger partial charge >= 0.3 is 5.97 Å². The maximum atomic E-state index is 11.7. The third-order valence-corrected chi connectivity index (χ3v) is 4.21. The molecule has 1 aromatic rings. The number of benzene rings is 1. The summed E-state index contributed by atoms with van der Waals surface area (Å²) in [5.41, 5.74) is 0.885. The van der Waals surface area contributed by atoms with Crippen molar-refractivity contribution in [3.8, 4) is 0 Å². The second kappa shape index (κ2) is 8.87. The average molecular weight is 316 g/mol. The molecular formula is C14H18ClNO3S. The number of nitrogens with one attached hydrogen (secondary N) is 1. The highest BCUT2D eigenvalue weighted by Crippen LogP contribution is 2.14. The summed E-state index contributed by atoms with van der Waals surface area (Å²) in [6, 6.07) is 7.38. The fraction of sp³-hybridized carbons (Fsp3) is 0.429. The summed E-state index contributed by atoms with van der Waals surface area (Å²) in [5, 5.41) is 3.44. The van der Waals surface area contributed by atoms with Crippen LogP contribution in [0, 0.1) is 5.92 Å². The molecule has 0 aliphatic heterocycles. The quantitative estimate of drug-likeness (QED) is 0.786. The van der Waals surface area contributed by atoms with E-state index in [-0.39, 0.29) is 17.8 Å². The monoisotopic (exact) mass is 315 g/mol. The van der Waals surface area contributed by atoms with Crippen molar-refractivity contribution in [2.75, 3.05) is 18.6 Å². The van der Waals surface area contributed by atoms with E-state index in [1.807, 2.05) is 18.2 Å². The van der Waals surface area contributed by atoms with Crippen LogP contribution in [0.15, 0.2) is 24.3 Å². The van der Waals surface area contributed by atoms with Crippen LogP contribution in [0.25, 0.3) is 0 Å². The van der Waals surface area contributed by atoms with Gasteiger partial charge in [0.15, 0.2) is 0 Å². The number of methoxy groups -OCH3 is 1. The molecule has 110 valence electrons. The lowest BCUT2D eigenvalue weighted by molar-refractivity contribution is -0.144. The summed E-state index contributed by atoms with van der Waals surface area (Å²) in [7, 11) is 1.36. The zero-order valence-corrected chi connectivity index (χ0v) is 13.1. The first kappa shape index (κ1) is 16.9. The maximum Gasteiger partial charge on any atom is 0.309 e. The van der Waals surface area contributed by atoms with E-state index in [0.717, 1.165) is 5.56 Å². The number of amides is 1. The van der Waals surface area contributed by atoms with Crippen LogP contribution in [-0.2, 0) is 20.9 Å². The molecule has 20 heavy (non-hydrogen) atoms. The first-order valence-electron chi connectivity index (χ1n) is 6.20. The van der Waals surface area contributed by atoms with Crippen molar-refractivity contribution in [1.29, 1.82) is 0 Å². The first-order valence-corrected chi connectivity index (χ1v) is 7.73. The van der Waals surface area contributed by atoms with Crippen LogP contribution < -0.4 is 5.32 Å². The molecule has 0 spiro atoms. The Morgan fingerprint density at radius 1 is 1.40 bits per heavy atom. The summed E-state index contributed by atoms with van der Waals surface area (Å²) in [6.07, 6.45) is 0. The SMILES string of the molecule is COC(=O)C(C)CSCC(=O)NCc1ccccc1Cl. The van der Waals surface area contributed by atoms with Crippen LogP contribution >= 0.6 is 23.4 Å². The predicted octanol–water partition coefficient (Wildman–Crippen LogP) is 2.50. The second-order valence-corrected chi connectivity index (χ2v) is 5.74. The Morgan fingerprint density at radius 2 is 2.10 bits per heavy atom. The largest absolute Gasteiger partial charge is 0.469 e. The number of thioether (sulfide) groups is 1. The lowest BCUT2D eigenvalue weighted by Gasteiger charge is -2.09. The lowest BCUT2D eigenvalue weighted by atomic mass is 10.2. The molecule has 1 aromatic carbocycles. The molecule has 0 saturated heterocycles. The molecule has 0 heterocycles. The number of ether oxygens (including phenoxy) is 1. The number of esters is 1. The summed E-state index contributed by atoms with van der Waals surface area (Å²) in [6.45, 7) is 2.19. The van der Waals surface area contributed by atoms with Crippen LogP contribution in [-0.4, -0.2) is 30.5 Å². The van der Waals surface area contributed by atoms with Crippen LogP contribution in [0.2, 0.25) is 5.02 Å². The van der Waals surface area contributed by atoms with Crippen molar-refractivity contribution < 1.29 is 14.3 Å². The number of rotatable bonds is 7. The normalized spacial score (nSPS) is 11.8. The van der Waals surface area contributed by atoms with Gasteiger partial charge in [0.1, 0.15) is 0 Å². The zero-order chi connectivity index (χ0) is 15.0. The average Bonchev–Trinajstić information content (AvgIpc) is 2.45. The molecule has 1 unspecified atom stereocenters. The molecule has 0 aliphatic carbocycles. The van der Waals surface area contributed by atoms with Gasteiger partial charge < -0.3 is 10.1 Å². The summed E-state index contributed by atoms with van der Waals surface area (Å²) < 4.78 is 4.62. The summed E-state index contributed by atoms with van der Waals surface area (Å²) >= 11 is 7.40. The third-order valence-electron chi connectivity index (χ3n) is 2.64. The Hall–Kier alpha value is -1.20. The van der Waals surface area contributed by atoms with E-state index in [1.54, 1.807) is 13.0 Å². The number of carbonyl (C=O) groups is 2. The topological polar surface area (TPSA) is 55.4 Å². The number of hydrogen-bond acceptors (Lipinski definition) is 4. The number of hydrogen-bond donors (Lipinski definition) is 1. The smallest absolute Gasteiger partial charge is 0.309 e. The van der Waals surface area contributed by atoms with Crippen LogP contribution in [0.5, 0.6) is 0 Å². The van der Waals surface area contributed by atoms with Crippen LogP contribution in [0.4, 0.5) is 0 Å². The van der Waals surface area contributed by atoms with Crippen molar-refractivity contribution >= 4 is 35.2 Å².